The average molecular weight is 264 g/mol. The molecular formula is C16H24O3. The minimum Gasteiger partial charge on any atom is -0.355 e. The minimum absolute atomic E-state index is 0.0653. The summed E-state index contributed by atoms with van der Waals surface area (Å²) in [6, 6.07) is 0. The number of methoxy groups -OCH3 is 1. The Hall–Kier alpha value is -0.670. The van der Waals surface area contributed by atoms with Crippen LogP contribution in [0.15, 0.2) is 11.6 Å². The highest BCUT2D eigenvalue weighted by Gasteiger charge is 2.69. The summed E-state index contributed by atoms with van der Waals surface area (Å²) in [5, 5.41) is 0. The molecule has 4 rings (SSSR count). The normalized spacial score (nSPS) is 43.1. The Balaban J connectivity index is 1.84. The molecule has 4 bridgehead atoms. The van der Waals surface area contributed by atoms with Gasteiger partial charge in [-0.05, 0) is 25.2 Å². The number of ether oxygens (including phenoxy) is 2. The van der Waals surface area contributed by atoms with E-state index in [9.17, 15) is 4.79 Å². The van der Waals surface area contributed by atoms with E-state index in [1.54, 1.807) is 7.11 Å². The second kappa shape index (κ2) is 4.42. The minimum atomic E-state index is -0.203. The molecule has 0 amide bonds. The summed E-state index contributed by atoms with van der Waals surface area (Å²) in [5.74, 6) is 1.77. The van der Waals surface area contributed by atoms with Gasteiger partial charge in [-0.1, -0.05) is 25.5 Å². The molecule has 4 aliphatic rings. The summed E-state index contributed by atoms with van der Waals surface area (Å²) in [4.78, 5) is 12.3. The van der Waals surface area contributed by atoms with Crippen LogP contribution in [0, 0.1) is 23.2 Å². The molecule has 1 saturated carbocycles. The predicted molar refractivity (Wildman–Crippen MR) is 72.5 cm³/mol. The zero-order valence-electron chi connectivity index (χ0n) is 12.3. The van der Waals surface area contributed by atoms with Crippen molar-refractivity contribution in [1.82, 2.24) is 0 Å². The largest absolute Gasteiger partial charge is 0.355 e. The Morgan fingerprint density at radius 1 is 1.58 bits per heavy atom. The van der Waals surface area contributed by atoms with E-state index < -0.39 is 0 Å². The number of ketones is 1. The lowest BCUT2D eigenvalue weighted by Crippen LogP contribution is -2.57. The lowest BCUT2D eigenvalue weighted by atomic mass is 9.46. The lowest BCUT2D eigenvalue weighted by Gasteiger charge is -2.56. The van der Waals surface area contributed by atoms with Gasteiger partial charge >= 0.3 is 0 Å². The number of allylic oxidation sites excluding steroid dienone is 1. The van der Waals surface area contributed by atoms with E-state index in [0.29, 0.717) is 36.4 Å². The fourth-order valence-electron chi connectivity index (χ4n) is 4.56. The van der Waals surface area contributed by atoms with Crippen LogP contribution >= 0.6 is 0 Å². The van der Waals surface area contributed by atoms with Crippen molar-refractivity contribution < 1.29 is 14.3 Å². The molecule has 0 aromatic rings. The molecule has 0 unspecified atom stereocenters. The number of rotatable bonds is 5. The summed E-state index contributed by atoms with van der Waals surface area (Å²) in [5.41, 5.74) is 1.33. The molecular weight excluding hydrogens is 240 g/mol. The highest BCUT2D eigenvalue weighted by Crippen LogP contribution is 2.68. The third kappa shape index (κ3) is 1.74. The highest BCUT2D eigenvalue weighted by molar-refractivity contribution is 5.80. The van der Waals surface area contributed by atoms with Gasteiger partial charge in [0.15, 0.2) is 6.29 Å². The van der Waals surface area contributed by atoms with Gasteiger partial charge in [-0.15, -0.1) is 0 Å². The van der Waals surface area contributed by atoms with Crippen molar-refractivity contribution in [1.29, 1.82) is 0 Å². The molecule has 3 aliphatic carbocycles. The smallest absolute Gasteiger partial charge is 0.164 e. The van der Waals surface area contributed by atoms with Crippen LogP contribution in [0.2, 0.25) is 0 Å². The van der Waals surface area contributed by atoms with E-state index in [2.05, 4.69) is 26.8 Å². The van der Waals surface area contributed by atoms with Crippen molar-refractivity contribution in [3.05, 3.63) is 11.6 Å². The van der Waals surface area contributed by atoms with Gasteiger partial charge in [0.25, 0.3) is 0 Å². The molecule has 3 heteroatoms. The van der Waals surface area contributed by atoms with Crippen LogP contribution in [0.3, 0.4) is 0 Å². The summed E-state index contributed by atoms with van der Waals surface area (Å²) < 4.78 is 11.6. The van der Waals surface area contributed by atoms with E-state index in [-0.39, 0.29) is 17.8 Å². The van der Waals surface area contributed by atoms with E-state index >= 15 is 0 Å². The topological polar surface area (TPSA) is 35.5 Å². The second-order valence-corrected chi connectivity index (χ2v) is 6.90. The first-order valence-corrected chi connectivity index (χ1v) is 7.37. The Kier molecular flexibility index (Phi) is 3.10. The van der Waals surface area contributed by atoms with Crippen molar-refractivity contribution in [2.75, 3.05) is 7.11 Å². The van der Waals surface area contributed by atoms with E-state index in [1.807, 2.05) is 0 Å². The summed E-state index contributed by atoms with van der Waals surface area (Å²) in [6.07, 6.45) is 4.67. The lowest BCUT2D eigenvalue weighted by molar-refractivity contribution is -0.183. The van der Waals surface area contributed by atoms with Gasteiger partial charge in [-0.2, -0.15) is 0 Å². The first kappa shape index (κ1) is 13.3. The average Bonchev–Trinajstić information content (AvgIpc) is 2.45. The predicted octanol–water partition coefficient (Wildman–Crippen LogP) is 2.95. The Morgan fingerprint density at radius 3 is 2.89 bits per heavy atom. The molecule has 3 nitrogen and oxygen atoms in total. The highest BCUT2D eigenvalue weighted by atomic mass is 16.7. The van der Waals surface area contributed by atoms with Crippen molar-refractivity contribution >= 4 is 5.78 Å². The number of hydrogen-bond donors (Lipinski definition) is 0. The summed E-state index contributed by atoms with van der Waals surface area (Å²) in [7, 11) is 1.70. The van der Waals surface area contributed by atoms with Gasteiger partial charge in [0.1, 0.15) is 5.78 Å². The molecule has 106 valence electrons. The molecule has 0 aromatic heterocycles. The summed E-state index contributed by atoms with van der Waals surface area (Å²) in [6.45, 7) is 6.38. The third-order valence-corrected chi connectivity index (χ3v) is 5.28. The number of hydrogen-bond acceptors (Lipinski definition) is 3. The van der Waals surface area contributed by atoms with E-state index in [1.165, 1.54) is 12.0 Å². The molecule has 1 saturated heterocycles. The molecule has 0 N–H and O–H groups in total. The number of carbonyl (C=O) groups is 1. The number of carbonyl (C=O) groups excluding carboxylic acids is 1. The zero-order chi connectivity index (χ0) is 13.8. The maximum Gasteiger partial charge on any atom is 0.164 e. The molecule has 2 fully saturated rings. The zero-order valence-corrected chi connectivity index (χ0v) is 12.3. The van der Waals surface area contributed by atoms with Gasteiger partial charge in [0.05, 0.1) is 6.10 Å². The first-order chi connectivity index (χ1) is 8.99. The SMILES string of the molecule is CO[C@H]1O[C@@H]2C=C(C)[C@H]3C[C@@H]2[C@]13CC(=O)CC(C)C. The molecule has 0 aromatic carbocycles. The van der Waals surface area contributed by atoms with Crippen molar-refractivity contribution in [2.24, 2.45) is 23.2 Å². The van der Waals surface area contributed by atoms with Gasteiger partial charge < -0.3 is 9.47 Å². The van der Waals surface area contributed by atoms with Gasteiger partial charge in [-0.3, -0.25) is 4.79 Å². The van der Waals surface area contributed by atoms with Crippen LogP contribution in [0.5, 0.6) is 0 Å². The fourth-order valence-corrected chi connectivity index (χ4v) is 4.56. The van der Waals surface area contributed by atoms with E-state index in [4.69, 9.17) is 9.47 Å². The molecule has 1 aliphatic heterocycles. The van der Waals surface area contributed by atoms with Crippen LogP contribution in [0.25, 0.3) is 0 Å². The molecule has 0 spiro atoms. The van der Waals surface area contributed by atoms with Gasteiger partial charge in [0.2, 0.25) is 0 Å². The fraction of sp³-hybridized carbons (Fsp3) is 0.812. The van der Waals surface area contributed by atoms with Crippen molar-refractivity contribution in [3.63, 3.8) is 0 Å². The van der Waals surface area contributed by atoms with Crippen LogP contribution in [0.1, 0.15) is 40.0 Å². The molecule has 1 heterocycles. The maximum absolute atomic E-state index is 12.3. The quantitative estimate of drug-likeness (QED) is 0.716. The Morgan fingerprint density at radius 2 is 2.32 bits per heavy atom. The standard InChI is InChI=1S/C16H24O3/c1-9(2)5-11(17)8-16-12-7-13(16)14(6-10(12)3)19-15(16)18-4/h6,9,12-15H,5,7-8H2,1-4H3/t12-,13+,14-,15+,16-/m1/s1. The maximum atomic E-state index is 12.3. The Labute approximate surface area is 115 Å². The van der Waals surface area contributed by atoms with Crippen LogP contribution < -0.4 is 0 Å². The van der Waals surface area contributed by atoms with Gasteiger partial charge in [0, 0.05) is 31.3 Å². The summed E-state index contributed by atoms with van der Waals surface area (Å²) >= 11 is 0. The second-order valence-electron chi connectivity index (χ2n) is 6.90. The molecule has 0 radical (unpaired) electrons. The van der Waals surface area contributed by atoms with Crippen molar-refractivity contribution in [2.45, 2.75) is 52.4 Å². The first-order valence-electron chi connectivity index (χ1n) is 7.37. The molecule has 19 heavy (non-hydrogen) atoms. The number of Topliss-reactive ketones (excluding diaryl/α,β-unsaturated/α-hetero) is 1. The van der Waals surface area contributed by atoms with Gasteiger partial charge in [-0.25, -0.2) is 0 Å². The van der Waals surface area contributed by atoms with Crippen LogP contribution in [-0.4, -0.2) is 25.3 Å². The Bertz CT molecular complexity index is 426. The van der Waals surface area contributed by atoms with Crippen LogP contribution in [-0.2, 0) is 14.3 Å². The monoisotopic (exact) mass is 264 g/mol. The van der Waals surface area contributed by atoms with Crippen LogP contribution in [0.4, 0.5) is 0 Å². The van der Waals surface area contributed by atoms with E-state index in [0.717, 1.165) is 0 Å². The molecule has 5 atom stereocenters. The van der Waals surface area contributed by atoms with Crippen molar-refractivity contribution in [3.8, 4) is 0 Å². The third-order valence-electron chi connectivity index (χ3n) is 5.28.